The van der Waals surface area contributed by atoms with Crippen molar-refractivity contribution in [1.82, 2.24) is 9.88 Å². The van der Waals surface area contributed by atoms with E-state index in [1.54, 1.807) is 41.3 Å². The van der Waals surface area contributed by atoms with Crippen LogP contribution in [0.1, 0.15) is 33.2 Å². The molecule has 0 fully saturated rings. The van der Waals surface area contributed by atoms with E-state index in [1.165, 1.54) is 18.1 Å². The van der Waals surface area contributed by atoms with E-state index in [2.05, 4.69) is 31.0 Å². The second-order valence-corrected chi connectivity index (χ2v) is 8.78. The molecule has 1 unspecified atom stereocenters. The molecular weight excluding hydrogens is 451 g/mol. The van der Waals surface area contributed by atoms with Crippen LogP contribution in [-0.4, -0.2) is 43.4 Å². The van der Waals surface area contributed by atoms with Crippen molar-refractivity contribution in [3.63, 3.8) is 0 Å². The van der Waals surface area contributed by atoms with E-state index in [0.717, 1.165) is 22.2 Å². The molecule has 0 spiro atoms. The Morgan fingerprint density at radius 2 is 1.79 bits per heavy atom. The maximum Gasteiger partial charge on any atom is 0.416 e. The van der Waals surface area contributed by atoms with E-state index in [-0.39, 0.29) is 0 Å². The van der Waals surface area contributed by atoms with Gasteiger partial charge in [-0.15, -0.1) is 0 Å². The van der Waals surface area contributed by atoms with Crippen LogP contribution in [0, 0.1) is 0 Å². The number of benzene rings is 3. The zero-order valence-corrected chi connectivity index (χ0v) is 19.6. The Morgan fingerprint density at radius 1 is 1.06 bits per heavy atom. The van der Waals surface area contributed by atoms with Crippen LogP contribution in [0.5, 0.6) is 5.75 Å². The number of halogens is 1. The molecule has 0 radical (unpaired) electrons. The topological polar surface area (TPSA) is 71.6 Å². The molecule has 0 bridgehead atoms. The molecule has 1 aliphatic rings. The molecule has 0 saturated carbocycles. The summed E-state index contributed by atoms with van der Waals surface area (Å²) in [6, 6.07) is 19.7. The Bertz CT molecular complexity index is 1380. The second kappa shape index (κ2) is 8.91. The van der Waals surface area contributed by atoms with Crippen LogP contribution in [0.15, 0.2) is 66.7 Å². The van der Waals surface area contributed by atoms with Crippen molar-refractivity contribution in [2.24, 2.45) is 0 Å². The predicted octanol–water partition coefficient (Wildman–Crippen LogP) is 4.01. The van der Waals surface area contributed by atoms with E-state index in [9.17, 15) is 9.59 Å². The standard InChI is InChI=1S/C26H22BClN2O4/c1-33-25(31)16-4-2-15(3-5-16)24-23-20(21-14-17(27)6-11-22(21)29-23)12-13-30(24)26(32)34-19-9-7-18(28)8-10-19/h2-11,14,24,29H,12-13,27H2,1H3. The van der Waals surface area contributed by atoms with Crippen LogP contribution in [0.3, 0.4) is 0 Å². The molecule has 0 aliphatic carbocycles. The van der Waals surface area contributed by atoms with Gasteiger partial charge in [0.25, 0.3) is 0 Å². The van der Waals surface area contributed by atoms with E-state index >= 15 is 0 Å². The van der Waals surface area contributed by atoms with Gasteiger partial charge in [-0.3, -0.25) is 4.90 Å². The summed E-state index contributed by atoms with van der Waals surface area (Å²) < 4.78 is 10.5. The van der Waals surface area contributed by atoms with Gasteiger partial charge in [0, 0.05) is 28.2 Å². The number of methoxy groups -OCH3 is 1. The Morgan fingerprint density at radius 3 is 2.50 bits per heavy atom. The summed E-state index contributed by atoms with van der Waals surface area (Å²) in [5.74, 6) is 0.0169. The zero-order chi connectivity index (χ0) is 23.8. The molecule has 0 saturated heterocycles. The highest BCUT2D eigenvalue weighted by molar-refractivity contribution is 6.33. The Balaban J connectivity index is 1.57. The maximum absolute atomic E-state index is 13.3. The van der Waals surface area contributed by atoms with Gasteiger partial charge in [-0.05, 0) is 60.0 Å². The maximum atomic E-state index is 13.3. The van der Waals surface area contributed by atoms with Gasteiger partial charge in [0.05, 0.1) is 12.7 Å². The predicted molar refractivity (Wildman–Crippen MR) is 134 cm³/mol. The summed E-state index contributed by atoms with van der Waals surface area (Å²) in [6.45, 7) is 0.490. The third-order valence-electron chi connectivity index (χ3n) is 6.18. The molecule has 8 heteroatoms. The van der Waals surface area contributed by atoms with Crippen molar-refractivity contribution in [3.05, 3.63) is 94.1 Å². The molecular formula is C26H22BClN2O4. The molecule has 1 aliphatic heterocycles. The molecule has 170 valence electrons. The summed E-state index contributed by atoms with van der Waals surface area (Å²) in [4.78, 5) is 30.5. The number of rotatable bonds is 3. The zero-order valence-electron chi connectivity index (χ0n) is 18.8. The van der Waals surface area contributed by atoms with E-state index in [0.29, 0.717) is 29.3 Å². The van der Waals surface area contributed by atoms with Crippen molar-refractivity contribution >= 4 is 47.9 Å². The van der Waals surface area contributed by atoms with Gasteiger partial charge in [-0.2, -0.15) is 0 Å². The molecule has 5 rings (SSSR count). The van der Waals surface area contributed by atoms with Gasteiger partial charge in [-0.1, -0.05) is 41.3 Å². The lowest BCUT2D eigenvalue weighted by molar-refractivity contribution is 0.0600. The number of H-pyrrole nitrogens is 1. The molecule has 6 nitrogen and oxygen atoms in total. The average Bonchev–Trinajstić information content (AvgIpc) is 3.22. The third-order valence-corrected chi connectivity index (χ3v) is 6.44. The minimum absolute atomic E-state index is 0.400. The highest BCUT2D eigenvalue weighted by atomic mass is 35.5. The highest BCUT2D eigenvalue weighted by Gasteiger charge is 2.35. The number of hydrogen-bond acceptors (Lipinski definition) is 4. The number of amides is 1. The molecule has 1 N–H and O–H groups in total. The summed E-state index contributed by atoms with van der Waals surface area (Å²) in [5.41, 5.74) is 5.66. The number of hydrogen-bond donors (Lipinski definition) is 1. The third kappa shape index (κ3) is 4.03. The lowest BCUT2D eigenvalue weighted by Crippen LogP contribution is -2.42. The molecule has 1 amide bonds. The van der Waals surface area contributed by atoms with Crippen LogP contribution in [0.25, 0.3) is 10.9 Å². The van der Waals surface area contributed by atoms with Gasteiger partial charge < -0.3 is 14.5 Å². The number of nitrogens with one attached hydrogen (secondary N) is 1. The van der Waals surface area contributed by atoms with Crippen LogP contribution < -0.4 is 10.2 Å². The van der Waals surface area contributed by atoms with Gasteiger partial charge in [0.15, 0.2) is 0 Å². The van der Waals surface area contributed by atoms with Crippen LogP contribution in [-0.2, 0) is 11.2 Å². The summed E-state index contributed by atoms with van der Waals surface area (Å²) in [6.07, 6.45) is 0.246. The fraction of sp³-hybridized carbons (Fsp3) is 0.154. The normalized spacial score (nSPS) is 15.1. The van der Waals surface area contributed by atoms with Crippen LogP contribution in [0.2, 0.25) is 5.02 Å². The van der Waals surface area contributed by atoms with Gasteiger partial charge in [-0.25, -0.2) is 9.59 Å². The Kier molecular flexibility index (Phi) is 5.80. The number of esters is 1. The first-order chi connectivity index (χ1) is 16.4. The highest BCUT2D eigenvalue weighted by Crippen LogP contribution is 2.38. The van der Waals surface area contributed by atoms with Crippen molar-refractivity contribution in [3.8, 4) is 5.75 Å². The summed E-state index contributed by atoms with van der Waals surface area (Å²) in [5, 5.41) is 1.73. The molecule has 1 aromatic heterocycles. The summed E-state index contributed by atoms with van der Waals surface area (Å²) in [7, 11) is 3.42. The van der Waals surface area contributed by atoms with Gasteiger partial charge in [0.1, 0.15) is 19.6 Å². The van der Waals surface area contributed by atoms with E-state index in [1.807, 2.05) is 12.1 Å². The number of nitrogens with zero attached hydrogens (tertiary/aromatic N) is 1. The number of ether oxygens (including phenoxy) is 2. The molecule has 34 heavy (non-hydrogen) atoms. The number of carbonyl (C=O) groups is 2. The van der Waals surface area contributed by atoms with Crippen LogP contribution >= 0.6 is 11.6 Å². The fourth-order valence-corrected chi connectivity index (χ4v) is 4.65. The quantitative estimate of drug-likeness (QED) is 0.361. The number of fused-ring (bicyclic) bond motifs is 3. The number of aromatic amines is 1. The first-order valence-corrected chi connectivity index (χ1v) is 11.4. The first kappa shape index (κ1) is 22.1. The second-order valence-electron chi connectivity index (χ2n) is 8.35. The SMILES string of the molecule is Bc1ccc2[nH]c3c(c2c1)CCN(C(=O)Oc1ccc(Cl)cc1)C3c1ccc(C(=O)OC)cc1. The molecule has 4 aromatic rings. The van der Waals surface area contributed by atoms with Gasteiger partial charge in [0.2, 0.25) is 0 Å². The molecule has 3 aromatic carbocycles. The first-order valence-electron chi connectivity index (χ1n) is 11.0. The fourth-order valence-electron chi connectivity index (χ4n) is 4.53. The minimum Gasteiger partial charge on any atom is -0.465 e. The monoisotopic (exact) mass is 472 g/mol. The van der Waals surface area contributed by atoms with Crippen molar-refractivity contribution in [2.45, 2.75) is 12.5 Å². The number of carbonyl (C=O) groups excluding carboxylic acids is 2. The van der Waals surface area contributed by atoms with Crippen LogP contribution in [0.4, 0.5) is 4.79 Å². The van der Waals surface area contributed by atoms with Crippen molar-refractivity contribution in [2.75, 3.05) is 13.7 Å². The number of aromatic nitrogens is 1. The largest absolute Gasteiger partial charge is 0.465 e. The van der Waals surface area contributed by atoms with Crippen molar-refractivity contribution in [1.29, 1.82) is 0 Å². The van der Waals surface area contributed by atoms with Crippen molar-refractivity contribution < 1.29 is 19.1 Å². The lowest BCUT2D eigenvalue weighted by atomic mass is 9.90. The van der Waals surface area contributed by atoms with Gasteiger partial charge >= 0.3 is 12.1 Å². The van der Waals surface area contributed by atoms with E-state index in [4.69, 9.17) is 21.1 Å². The minimum atomic E-state index is -0.454. The lowest BCUT2D eigenvalue weighted by Gasteiger charge is -2.35. The van der Waals surface area contributed by atoms with E-state index < -0.39 is 18.1 Å². The Labute approximate surface area is 202 Å². The Hall–Kier alpha value is -3.71. The summed E-state index contributed by atoms with van der Waals surface area (Å²) >= 11 is 5.96. The molecule has 1 atom stereocenters. The smallest absolute Gasteiger partial charge is 0.416 e. The molecule has 2 heterocycles. The average molecular weight is 473 g/mol.